The Bertz CT molecular complexity index is 1610. The number of aryl methyl sites for hydroxylation is 1. The molecule has 0 aliphatic carbocycles. The summed E-state index contributed by atoms with van der Waals surface area (Å²) in [5, 5.41) is 20.9. The zero-order valence-electron chi connectivity index (χ0n) is 19.9. The number of halogens is 1. The number of hydrogen-bond donors (Lipinski definition) is 2. The predicted molar refractivity (Wildman–Crippen MR) is 137 cm³/mol. The summed E-state index contributed by atoms with van der Waals surface area (Å²) in [6.45, 7) is 1.99. The normalized spacial score (nSPS) is 19.0. The molecular formula is C25H22FN9O2. The molecule has 0 bridgehead atoms. The molecule has 2 atom stereocenters. The SMILES string of the molecule is Cc1ccccc1N1C(=O)C2C(C=NN2C)N=C1Cn1nc(-c2cc(O)cc(F)c2)c2c(N)ncnc21. The van der Waals surface area contributed by atoms with E-state index in [1.165, 1.54) is 18.5 Å². The number of fused-ring (bicyclic) bond motifs is 2. The van der Waals surface area contributed by atoms with Crippen molar-refractivity contribution in [3.8, 4) is 17.0 Å². The summed E-state index contributed by atoms with van der Waals surface area (Å²) in [4.78, 5) is 28.7. The third-order valence-corrected chi connectivity index (χ3v) is 6.52. The van der Waals surface area contributed by atoms with Crippen LogP contribution in [0.15, 0.2) is 58.9 Å². The van der Waals surface area contributed by atoms with Gasteiger partial charge >= 0.3 is 0 Å². The van der Waals surface area contributed by atoms with Crippen molar-refractivity contribution >= 4 is 40.5 Å². The maximum Gasteiger partial charge on any atom is 0.259 e. The van der Waals surface area contributed by atoms with Crippen LogP contribution >= 0.6 is 0 Å². The van der Waals surface area contributed by atoms with Crippen LogP contribution in [0.5, 0.6) is 5.75 Å². The van der Waals surface area contributed by atoms with E-state index >= 15 is 0 Å². The number of likely N-dealkylation sites (N-methyl/N-ethyl adjacent to an activating group) is 1. The summed E-state index contributed by atoms with van der Waals surface area (Å²) in [7, 11) is 1.75. The van der Waals surface area contributed by atoms with Gasteiger partial charge in [-0.15, -0.1) is 0 Å². The van der Waals surface area contributed by atoms with Crippen LogP contribution in [0.1, 0.15) is 5.56 Å². The molecule has 37 heavy (non-hydrogen) atoms. The Hall–Kier alpha value is -4.87. The van der Waals surface area contributed by atoms with E-state index in [9.17, 15) is 14.3 Å². The average Bonchev–Trinajstić information content (AvgIpc) is 3.41. The van der Waals surface area contributed by atoms with Gasteiger partial charge in [0, 0.05) is 18.7 Å². The first kappa shape index (κ1) is 22.6. The molecule has 12 heteroatoms. The van der Waals surface area contributed by atoms with Crippen molar-refractivity contribution in [2.45, 2.75) is 25.6 Å². The maximum atomic E-state index is 14.1. The Morgan fingerprint density at radius 2 is 1.97 bits per heavy atom. The van der Waals surface area contributed by atoms with Crippen LogP contribution in [0, 0.1) is 12.7 Å². The summed E-state index contributed by atoms with van der Waals surface area (Å²) < 4.78 is 15.7. The predicted octanol–water partition coefficient (Wildman–Crippen LogP) is 2.34. The molecule has 2 unspecified atom stereocenters. The number of para-hydroxylation sites is 1. The fraction of sp³-hybridized carbons (Fsp3) is 0.200. The van der Waals surface area contributed by atoms with Crippen LogP contribution in [0.3, 0.4) is 0 Å². The van der Waals surface area contributed by atoms with E-state index in [-0.39, 0.29) is 24.0 Å². The minimum atomic E-state index is -0.628. The Kier molecular flexibility index (Phi) is 5.10. The molecule has 0 saturated heterocycles. The first-order valence-electron chi connectivity index (χ1n) is 11.5. The Morgan fingerprint density at radius 3 is 2.76 bits per heavy atom. The van der Waals surface area contributed by atoms with E-state index in [1.807, 2.05) is 31.2 Å². The second-order valence-corrected chi connectivity index (χ2v) is 8.94. The van der Waals surface area contributed by atoms with Gasteiger partial charge in [0.15, 0.2) is 11.7 Å². The quantitative estimate of drug-likeness (QED) is 0.440. The molecule has 0 saturated carbocycles. The fourth-order valence-electron chi connectivity index (χ4n) is 4.82. The van der Waals surface area contributed by atoms with Crippen LogP contribution in [0.25, 0.3) is 22.3 Å². The van der Waals surface area contributed by atoms with Crippen molar-refractivity contribution in [1.82, 2.24) is 24.8 Å². The van der Waals surface area contributed by atoms with Gasteiger partial charge in [-0.2, -0.15) is 10.2 Å². The molecule has 2 aliphatic rings. The highest BCUT2D eigenvalue weighted by molar-refractivity contribution is 6.22. The number of nitrogen functional groups attached to an aromatic ring is 1. The van der Waals surface area contributed by atoms with E-state index in [0.717, 1.165) is 11.6 Å². The van der Waals surface area contributed by atoms with Gasteiger partial charge in [-0.05, 0) is 30.7 Å². The number of rotatable bonds is 4. The third kappa shape index (κ3) is 3.64. The highest BCUT2D eigenvalue weighted by atomic mass is 19.1. The van der Waals surface area contributed by atoms with E-state index in [4.69, 9.17) is 10.7 Å². The topological polar surface area (TPSA) is 138 Å². The number of hydrogen-bond acceptors (Lipinski definition) is 9. The first-order chi connectivity index (χ1) is 17.8. The Labute approximate surface area is 210 Å². The second kappa shape index (κ2) is 8.36. The number of amidine groups is 1. The van der Waals surface area contributed by atoms with Gasteiger partial charge in [0.2, 0.25) is 0 Å². The van der Waals surface area contributed by atoms with E-state index in [2.05, 4.69) is 20.2 Å². The summed E-state index contributed by atoms with van der Waals surface area (Å²) in [6.07, 6.45) is 2.96. The molecule has 0 radical (unpaired) electrons. The molecular weight excluding hydrogens is 477 g/mol. The molecule has 0 spiro atoms. The Morgan fingerprint density at radius 1 is 1.16 bits per heavy atom. The van der Waals surface area contributed by atoms with Crippen molar-refractivity contribution in [1.29, 1.82) is 0 Å². The van der Waals surface area contributed by atoms with Gasteiger partial charge in [0.25, 0.3) is 5.91 Å². The van der Waals surface area contributed by atoms with E-state index < -0.39 is 17.9 Å². The Balaban J connectivity index is 1.51. The minimum Gasteiger partial charge on any atom is -0.508 e. The first-order valence-corrected chi connectivity index (χ1v) is 11.5. The lowest BCUT2D eigenvalue weighted by Crippen LogP contribution is -2.56. The number of aromatic hydroxyl groups is 1. The summed E-state index contributed by atoms with van der Waals surface area (Å²) in [5.41, 5.74) is 8.77. The molecule has 2 aliphatic heterocycles. The number of hydrazone groups is 1. The van der Waals surface area contributed by atoms with E-state index in [0.29, 0.717) is 33.8 Å². The highest BCUT2D eigenvalue weighted by Crippen LogP contribution is 2.34. The van der Waals surface area contributed by atoms with Crippen LogP contribution in [-0.4, -0.2) is 67.0 Å². The zero-order valence-corrected chi connectivity index (χ0v) is 19.9. The number of phenols is 1. The molecule has 4 aromatic rings. The molecule has 6 rings (SSSR count). The monoisotopic (exact) mass is 499 g/mol. The lowest BCUT2D eigenvalue weighted by atomic mass is 10.0. The molecule has 186 valence electrons. The summed E-state index contributed by atoms with van der Waals surface area (Å²) in [6, 6.07) is 10.2. The van der Waals surface area contributed by atoms with Crippen LogP contribution < -0.4 is 10.6 Å². The largest absolute Gasteiger partial charge is 0.508 e. The number of amides is 1. The highest BCUT2D eigenvalue weighted by Gasteiger charge is 2.44. The standard InChI is InChI=1S/C25H22FN9O2/c1-13-5-3-4-6-18(13)35-19(31-17-10-30-33(2)22(17)25(35)37)11-34-24-20(23(27)28-12-29-24)21(32-34)14-7-15(26)9-16(36)8-14/h3-10,12,17,22,36H,11H2,1-2H3,(H2,27,28,29). The number of carbonyl (C=O) groups is 1. The molecule has 3 N–H and O–H groups in total. The van der Waals surface area contributed by atoms with Gasteiger partial charge < -0.3 is 10.8 Å². The molecule has 4 heterocycles. The number of nitrogens with zero attached hydrogens (tertiary/aromatic N) is 8. The van der Waals surface area contributed by atoms with Gasteiger partial charge in [-0.25, -0.2) is 19.0 Å². The molecule has 0 fully saturated rings. The van der Waals surface area contributed by atoms with Gasteiger partial charge in [0.05, 0.1) is 17.3 Å². The number of anilines is 2. The van der Waals surface area contributed by atoms with Crippen molar-refractivity contribution in [3.63, 3.8) is 0 Å². The third-order valence-electron chi connectivity index (χ3n) is 6.52. The lowest BCUT2D eigenvalue weighted by molar-refractivity contribution is -0.122. The van der Waals surface area contributed by atoms with Gasteiger partial charge in [-0.1, -0.05) is 18.2 Å². The van der Waals surface area contributed by atoms with Gasteiger partial charge in [0.1, 0.15) is 47.8 Å². The molecule has 2 aromatic heterocycles. The minimum absolute atomic E-state index is 0.0646. The molecule has 1 amide bonds. The van der Waals surface area contributed by atoms with Crippen molar-refractivity contribution < 1.29 is 14.3 Å². The van der Waals surface area contributed by atoms with Crippen LogP contribution in [0.2, 0.25) is 0 Å². The number of nitrogens with two attached hydrogens (primary N) is 1. The van der Waals surface area contributed by atoms with Crippen molar-refractivity contribution in [3.05, 3.63) is 60.2 Å². The fourth-order valence-corrected chi connectivity index (χ4v) is 4.82. The summed E-state index contributed by atoms with van der Waals surface area (Å²) in [5.74, 6) is -0.451. The average molecular weight is 500 g/mol. The number of aliphatic imine (C=N–C) groups is 1. The number of benzene rings is 2. The second-order valence-electron chi connectivity index (χ2n) is 8.94. The number of carbonyl (C=O) groups excluding carboxylic acids is 1. The lowest BCUT2D eigenvalue weighted by Gasteiger charge is -2.35. The smallest absolute Gasteiger partial charge is 0.259 e. The summed E-state index contributed by atoms with van der Waals surface area (Å²) >= 11 is 0. The van der Waals surface area contributed by atoms with Crippen LogP contribution in [0.4, 0.5) is 15.9 Å². The van der Waals surface area contributed by atoms with Crippen molar-refractivity contribution in [2.24, 2.45) is 10.1 Å². The molecule has 11 nitrogen and oxygen atoms in total. The number of phenolic OH excluding ortho intramolecular Hbond substituents is 1. The molecule has 2 aromatic carbocycles. The number of aromatic nitrogens is 4. The van der Waals surface area contributed by atoms with Gasteiger partial charge in [-0.3, -0.25) is 19.7 Å². The zero-order chi connectivity index (χ0) is 25.8. The van der Waals surface area contributed by atoms with Crippen LogP contribution in [-0.2, 0) is 11.3 Å². The van der Waals surface area contributed by atoms with E-state index in [1.54, 1.807) is 27.9 Å². The maximum absolute atomic E-state index is 14.1. The van der Waals surface area contributed by atoms with Crippen molar-refractivity contribution in [2.75, 3.05) is 17.7 Å².